The van der Waals surface area contributed by atoms with Crippen LogP contribution in [0.5, 0.6) is 0 Å². The van der Waals surface area contributed by atoms with Gasteiger partial charge in [0.2, 0.25) is 0 Å². The largest absolute Gasteiger partial charge is 0.377 e. The summed E-state index contributed by atoms with van der Waals surface area (Å²) in [6, 6.07) is 0.592. The third-order valence-electron chi connectivity index (χ3n) is 4.20. The summed E-state index contributed by atoms with van der Waals surface area (Å²) < 4.78 is 5.90. The fourth-order valence-electron chi connectivity index (χ4n) is 2.96. The molecule has 0 spiro atoms. The Kier molecular flexibility index (Phi) is 8.70. The first-order valence-corrected chi connectivity index (χ1v) is 8.16. The Labute approximate surface area is 114 Å². The molecule has 1 heterocycles. The number of hydrogen-bond acceptors (Lipinski definition) is 2. The summed E-state index contributed by atoms with van der Waals surface area (Å²) in [6.45, 7) is 8.98. The van der Waals surface area contributed by atoms with Gasteiger partial charge in [0, 0.05) is 12.6 Å². The summed E-state index contributed by atoms with van der Waals surface area (Å²) >= 11 is 0. The summed E-state index contributed by atoms with van der Waals surface area (Å²) in [7, 11) is 0. The van der Waals surface area contributed by atoms with Gasteiger partial charge in [-0.3, -0.25) is 0 Å². The zero-order valence-electron chi connectivity index (χ0n) is 12.7. The zero-order chi connectivity index (χ0) is 13.2. The molecule has 108 valence electrons. The van der Waals surface area contributed by atoms with Crippen molar-refractivity contribution < 1.29 is 4.74 Å². The predicted octanol–water partition coefficient (Wildman–Crippen LogP) is 4.14. The second-order valence-corrected chi connectivity index (χ2v) is 5.76. The van der Waals surface area contributed by atoms with Gasteiger partial charge in [0.05, 0.1) is 6.10 Å². The predicted molar refractivity (Wildman–Crippen MR) is 79.0 cm³/mol. The highest BCUT2D eigenvalue weighted by atomic mass is 16.5. The van der Waals surface area contributed by atoms with Gasteiger partial charge in [-0.25, -0.2) is 0 Å². The molecule has 0 aromatic rings. The maximum Gasteiger partial charge on any atom is 0.0728 e. The Morgan fingerprint density at radius 1 is 1.22 bits per heavy atom. The molecule has 3 atom stereocenters. The molecule has 1 aliphatic heterocycles. The Bertz CT molecular complexity index is 190. The highest BCUT2D eigenvalue weighted by Crippen LogP contribution is 2.24. The van der Waals surface area contributed by atoms with Crippen LogP contribution in [0.15, 0.2) is 0 Å². The fourth-order valence-corrected chi connectivity index (χ4v) is 2.96. The minimum Gasteiger partial charge on any atom is -0.377 e. The van der Waals surface area contributed by atoms with Crippen molar-refractivity contribution in [2.75, 3.05) is 13.2 Å². The summed E-state index contributed by atoms with van der Waals surface area (Å²) in [6.07, 6.45) is 10.9. The third-order valence-corrected chi connectivity index (χ3v) is 4.20. The summed E-state index contributed by atoms with van der Waals surface area (Å²) in [5.74, 6) is 0.878. The van der Waals surface area contributed by atoms with Gasteiger partial charge in [0.15, 0.2) is 0 Å². The highest BCUT2D eigenvalue weighted by molar-refractivity contribution is 4.82. The van der Waals surface area contributed by atoms with Gasteiger partial charge in [-0.15, -0.1) is 0 Å². The lowest BCUT2D eigenvalue weighted by Gasteiger charge is -2.28. The SMILES string of the molecule is CCCCC(CC)CC(NCCC)C1CCCO1. The Balaban J connectivity index is 2.41. The number of hydrogen-bond donors (Lipinski definition) is 1. The van der Waals surface area contributed by atoms with Crippen LogP contribution in [0.25, 0.3) is 0 Å². The van der Waals surface area contributed by atoms with E-state index in [-0.39, 0.29) is 0 Å². The van der Waals surface area contributed by atoms with Crippen LogP contribution in [0, 0.1) is 5.92 Å². The average molecular weight is 255 g/mol. The quantitative estimate of drug-likeness (QED) is 0.633. The van der Waals surface area contributed by atoms with Crippen molar-refractivity contribution in [3.05, 3.63) is 0 Å². The molecule has 0 radical (unpaired) electrons. The molecule has 0 saturated carbocycles. The van der Waals surface area contributed by atoms with Gasteiger partial charge in [0.25, 0.3) is 0 Å². The first-order valence-electron chi connectivity index (χ1n) is 8.16. The first kappa shape index (κ1) is 16.0. The van der Waals surface area contributed by atoms with E-state index in [2.05, 4.69) is 26.1 Å². The van der Waals surface area contributed by atoms with E-state index in [0.29, 0.717) is 12.1 Å². The summed E-state index contributed by atoms with van der Waals surface area (Å²) in [5, 5.41) is 3.73. The molecule has 0 amide bonds. The molecular formula is C16H33NO. The van der Waals surface area contributed by atoms with E-state index >= 15 is 0 Å². The first-order chi connectivity index (χ1) is 8.81. The zero-order valence-corrected chi connectivity index (χ0v) is 12.7. The van der Waals surface area contributed by atoms with Crippen LogP contribution >= 0.6 is 0 Å². The van der Waals surface area contributed by atoms with Gasteiger partial charge in [-0.1, -0.05) is 46.5 Å². The number of unbranched alkanes of at least 4 members (excludes halogenated alkanes) is 1. The second-order valence-electron chi connectivity index (χ2n) is 5.76. The van der Waals surface area contributed by atoms with E-state index < -0.39 is 0 Å². The summed E-state index contributed by atoms with van der Waals surface area (Å²) in [5.41, 5.74) is 0. The molecule has 1 rings (SSSR count). The normalized spacial score (nSPS) is 23.2. The van der Waals surface area contributed by atoms with E-state index in [1.54, 1.807) is 0 Å². The number of rotatable bonds is 10. The Morgan fingerprint density at radius 2 is 2.06 bits per heavy atom. The average Bonchev–Trinajstić information content (AvgIpc) is 2.92. The maximum absolute atomic E-state index is 5.90. The van der Waals surface area contributed by atoms with Crippen LogP contribution in [0.1, 0.15) is 72.1 Å². The van der Waals surface area contributed by atoms with E-state index in [0.717, 1.165) is 19.1 Å². The maximum atomic E-state index is 5.90. The van der Waals surface area contributed by atoms with Crippen molar-refractivity contribution in [1.29, 1.82) is 0 Å². The van der Waals surface area contributed by atoms with Gasteiger partial charge >= 0.3 is 0 Å². The third kappa shape index (κ3) is 5.71. The fraction of sp³-hybridized carbons (Fsp3) is 1.00. The molecule has 1 N–H and O–H groups in total. The number of ether oxygens (including phenoxy) is 1. The molecule has 0 aromatic carbocycles. The molecule has 1 fully saturated rings. The molecule has 2 nitrogen and oxygen atoms in total. The molecule has 1 aliphatic rings. The van der Waals surface area contributed by atoms with Crippen LogP contribution in [0.2, 0.25) is 0 Å². The van der Waals surface area contributed by atoms with Crippen LogP contribution in [-0.2, 0) is 4.74 Å². The Morgan fingerprint density at radius 3 is 2.61 bits per heavy atom. The van der Waals surface area contributed by atoms with Crippen LogP contribution < -0.4 is 5.32 Å². The van der Waals surface area contributed by atoms with Crippen molar-refractivity contribution in [2.24, 2.45) is 5.92 Å². The molecule has 2 heteroatoms. The molecule has 1 saturated heterocycles. The standard InChI is InChI=1S/C16H33NO/c1-4-7-9-14(6-3)13-15(17-11-5-2)16-10-8-12-18-16/h14-17H,4-13H2,1-3H3. The van der Waals surface area contributed by atoms with Gasteiger partial charge < -0.3 is 10.1 Å². The molecular weight excluding hydrogens is 222 g/mol. The van der Waals surface area contributed by atoms with Crippen molar-refractivity contribution in [1.82, 2.24) is 5.32 Å². The minimum absolute atomic E-state index is 0.479. The van der Waals surface area contributed by atoms with Crippen molar-refractivity contribution in [3.63, 3.8) is 0 Å². The van der Waals surface area contributed by atoms with Crippen molar-refractivity contribution >= 4 is 0 Å². The van der Waals surface area contributed by atoms with Crippen LogP contribution in [-0.4, -0.2) is 25.3 Å². The topological polar surface area (TPSA) is 21.3 Å². The van der Waals surface area contributed by atoms with E-state index in [9.17, 15) is 0 Å². The second kappa shape index (κ2) is 9.80. The summed E-state index contributed by atoms with van der Waals surface area (Å²) in [4.78, 5) is 0. The van der Waals surface area contributed by atoms with Gasteiger partial charge in [-0.05, 0) is 38.1 Å². The monoisotopic (exact) mass is 255 g/mol. The lowest BCUT2D eigenvalue weighted by atomic mass is 9.89. The molecule has 0 aromatic heterocycles. The van der Waals surface area contributed by atoms with Crippen molar-refractivity contribution in [2.45, 2.75) is 84.3 Å². The Hall–Kier alpha value is -0.0800. The molecule has 3 unspecified atom stereocenters. The minimum atomic E-state index is 0.479. The molecule has 18 heavy (non-hydrogen) atoms. The highest BCUT2D eigenvalue weighted by Gasteiger charge is 2.27. The van der Waals surface area contributed by atoms with Crippen LogP contribution in [0.3, 0.4) is 0 Å². The van der Waals surface area contributed by atoms with Crippen LogP contribution in [0.4, 0.5) is 0 Å². The lowest BCUT2D eigenvalue weighted by Crippen LogP contribution is -2.41. The van der Waals surface area contributed by atoms with Crippen molar-refractivity contribution in [3.8, 4) is 0 Å². The molecule has 0 bridgehead atoms. The lowest BCUT2D eigenvalue weighted by molar-refractivity contribution is 0.0687. The number of nitrogens with one attached hydrogen (secondary N) is 1. The van der Waals surface area contributed by atoms with Gasteiger partial charge in [-0.2, -0.15) is 0 Å². The molecule has 0 aliphatic carbocycles. The van der Waals surface area contributed by atoms with Gasteiger partial charge in [0.1, 0.15) is 0 Å². The van der Waals surface area contributed by atoms with E-state index in [1.165, 1.54) is 51.4 Å². The van der Waals surface area contributed by atoms with E-state index in [4.69, 9.17) is 4.74 Å². The van der Waals surface area contributed by atoms with E-state index in [1.807, 2.05) is 0 Å². The smallest absolute Gasteiger partial charge is 0.0728 e.